The van der Waals surface area contributed by atoms with Gasteiger partial charge in [-0.25, -0.2) is 0 Å². The summed E-state index contributed by atoms with van der Waals surface area (Å²) in [4.78, 5) is 1.54. The molecule has 0 aliphatic heterocycles. The van der Waals surface area contributed by atoms with E-state index in [1.165, 1.54) is 12.8 Å². The summed E-state index contributed by atoms with van der Waals surface area (Å²) in [6, 6.07) is 4.46. The Morgan fingerprint density at radius 2 is 2.00 bits per heavy atom. The van der Waals surface area contributed by atoms with Crippen LogP contribution in [0.4, 0.5) is 0 Å². The van der Waals surface area contributed by atoms with Gasteiger partial charge in [-0.15, -0.1) is 11.3 Å². The molecule has 0 fully saturated rings. The van der Waals surface area contributed by atoms with Crippen LogP contribution in [0.5, 0.6) is 0 Å². The van der Waals surface area contributed by atoms with Crippen LogP contribution in [-0.2, 0) is 0 Å². The highest BCUT2D eigenvalue weighted by Gasteiger charge is 2.19. The molecule has 2 unspecified atom stereocenters. The molecule has 1 N–H and O–H groups in total. The lowest BCUT2D eigenvalue weighted by Crippen LogP contribution is -2.28. The average molecular weight is 253 g/mol. The third kappa shape index (κ3) is 5.22. The van der Waals surface area contributed by atoms with Gasteiger partial charge in [0, 0.05) is 17.3 Å². The van der Waals surface area contributed by atoms with Crippen LogP contribution in [0.3, 0.4) is 0 Å². The third-order valence-corrected chi connectivity index (χ3v) is 4.26. The molecule has 1 rings (SSSR count). The van der Waals surface area contributed by atoms with Crippen molar-refractivity contribution in [2.24, 2.45) is 11.8 Å². The fourth-order valence-corrected chi connectivity index (χ4v) is 3.23. The highest BCUT2D eigenvalue weighted by molar-refractivity contribution is 7.10. The van der Waals surface area contributed by atoms with Crippen molar-refractivity contribution in [3.8, 4) is 0 Å². The maximum atomic E-state index is 3.62. The summed E-state index contributed by atoms with van der Waals surface area (Å²) in [5, 5.41) is 5.82. The fourth-order valence-electron chi connectivity index (χ4n) is 2.27. The van der Waals surface area contributed by atoms with Crippen molar-refractivity contribution in [2.75, 3.05) is 13.1 Å². The highest BCUT2D eigenvalue weighted by atomic mass is 32.1. The molecule has 0 spiro atoms. The standard InChI is InChI=1S/C15H27NS/c1-5-7-13(4)14(11-16-10-12(2)3)15-8-6-9-17-15/h6,8-9,12-14,16H,5,7,10-11H2,1-4H3. The molecule has 17 heavy (non-hydrogen) atoms. The lowest BCUT2D eigenvalue weighted by atomic mass is 9.89. The number of hydrogen-bond donors (Lipinski definition) is 1. The van der Waals surface area contributed by atoms with Gasteiger partial charge in [0.05, 0.1) is 0 Å². The summed E-state index contributed by atoms with van der Waals surface area (Å²) in [6.45, 7) is 11.5. The maximum absolute atomic E-state index is 3.62. The molecule has 0 amide bonds. The zero-order valence-electron chi connectivity index (χ0n) is 11.7. The Morgan fingerprint density at radius 3 is 2.53 bits per heavy atom. The first-order chi connectivity index (χ1) is 8.15. The summed E-state index contributed by atoms with van der Waals surface area (Å²) >= 11 is 1.90. The number of thiophene rings is 1. The van der Waals surface area contributed by atoms with Gasteiger partial charge in [0.1, 0.15) is 0 Å². The van der Waals surface area contributed by atoms with Gasteiger partial charge in [0.15, 0.2) is 0 Å². The topological polar surface area (TPSA) is 12.0 Å². The lowest BCUT2D eigenvalue weighted by Gasteiger charge is -2.23. The SMILES string of the molecule is CCCC(C)C(CNCC(C)C)c1cccs1. The van der Waals surface area contributed by atoms with Crippen molar-refractivity contribution in [3.05, 3.63) is 22.4 Å². The normalized spacial score (nSPS) is 15.1. The molecule has 0 bridgehead atoms. The first kappa shape index (κ1) is 14.7. The van der Waals surface area contributed by atoms with Gasteiger partial charge in [-0.2, -0.15) is 0 Å². The molecule has 98 valence electrons. The van der Waals surface area contributed by atoms with E-state index in [0.29, 0.717) is 5.92 Å². The van der Waals surface area contributed by atoms with Crippen LogP contribution in [0.1, 0.15) is 51.3 Å². The minimum atomic E-state index is 0.689. The van der Waals surface area contributed by atoms with Gasteiger partial charge in [0.2, 0.25) is 0 Å². The van der Waals surface area contributed by atoms with Gasteiger partial charge >= 0.3 is 0 Å². The number of nitrogens with one attached hydrogen (secondary N) is 1. The van der Waals surface area contributed by atoms with Crippen LogP contribution >= 0.6 is 11.3 Å². The smallest absolute Gasteiger partial charge is 0.00915 e. The molecule has 0 saturated carbocycles. The van der Waals surface area contributed by atoms with Crippen molar-refractivity contribution < 1.29 is 0 Å². The van der Waals surface area contributed by atoms with Gasteiger partial charge in [-0.05, 0) is 29.8 Å². The number of rotatable bonds is 8. The molecule has 0 aliphatic rings. The second-order valence-electron chi connectivity index (χ2n) is 5.44. The van der Waals surface area contributed by atoms with Crippen LogP contribution in [0, 0.1) is 11.8 Å². The van der Waals surface area contributed by atoms with E-state index in [2.05, 4.69) is 50.5 Å². The molecule has 0 aliphatic carbocycles. The summed E-state index contributed by atoms with van der Waals surface area (Å²) in [7, 11) is 0. The Hall–Kier alpha value is -0.340. The molecule has 1 heterocycles. The van der Waals surface area contributed by atoms with E-state index in [0.717, 1.165) is 24.9 Å². The van der Waals surface area contributed by atoms with Crippen molar-refractivity contribution in [1.82, 2.24) is 5.32 Å². The van der Waals surface area contributed by atoms with Crippen molar-refractivity contribution in [2.45, 2.75) is 46.5 Å². The zero-order chi connectivity index (χ0) is 12.7. The minimum absolute atomic E-state index is 0.689. The number of hydrogen-bond acceptors (Lipinski definition) is 2. The lowest BCUT2D eigenvalue weighted by molar-refractivity contribution is 0.398. The summed E-state index contributed by atoms with van der Waals surface area (Å²) in [5.41, 5.74) is 0. The predicted octanol–water partition coefficient (Wildman–Crippen LogP) is 4.51. The fraction of sp³-hybridized carbons (Fsp3) is 0.733. The maximum Gasteiger partial charge on any atom is 0.00915 e. The van der Waals surface area contributed by atoms with E-state index < -0.39 is 0 Å². The Bertz CT molecular complexity index is 279. The molecule has 1 nitrogen and oxygen atoms in total. The van der Waals surface area contributed by atoms with E-state index in [9.17, 15) is 0 Å². The Balaban J connectivity index is 2.53. The van der Waals surface area contributed by atoms with E-state index in [1.54, 1.807) is 4.88 Å². The Labute approximate surface area is 111 Å². The first-order valence-electron chi connectivity index (χ1n) is 6.89. The van der Waals surface area contributed by atoms with Gasteiger partial charge in [-0.3, -0.25) is 0 Å². The first-order valence-corrected chi connectivity index (χ1v) is 7.77. The molecule has 0 saturated heterocycles. The molecule has 0 radical (unpaired) electrons. The predicted molar refractivity (Wildman–Crippen MR) is 78.8 cm³/mol. The van der Waals surface area contributed by atoms with E-state index in [1.807, 2.05) is 11.3 Å². The second kappa shape index (κ2) is 7.88. The molecule has 2 atom stereocenters. The van der Waals surface area contributed by atoms with Gasteiger partial charge in [0.25, 0.3) is 0 Å². The van der Waals surface area contributed by atoms with Crippen LogP contribution in [0.25, 0.3) is 0 Å². The average Bonchev–Trinajstić information content (AvgIpc) is 2.77. The summed E-state index contributed by atoms with van der Waals surface area (Å²) < 4.78 is 0. The van der Waals surface area contributed by atoms with Crippen molar-refractivity contribution >= 4 is 11.3 Å². The monoisotopic (exact) mass is 253 g/mol. The molecule has 1 aromatic rings. The molecule has 0 aromatic carbocycles. The quantitative estimate of drug-likeness (QED) is 0.718. The van der Waals surface area contributed by atoms with Crippen LogP contribution in [0.2, 0.25) is 0 Å². The van der Waals surface area contributed by atoms with Crippen LogP contribution in [0.15, 0.2) is 17.5 Å². The minimum Gasteiger partial charge on any atom is -0.316 e. The highest BCUT2D eigenvalue weighted by Crippen LogP contribution is 2.30. The largest absolute Gasteiger partial charge is 0.316 e. The zero-order valence-corrected chi connectivity index (χ0v) is 12.5. The Kier molecular flexibility index (Phi) is 6.83. The van der Waals surface area contributed by atoms with Gasteiger partial charge < -0.3 is 5.32 Å². The van der Waals surface area contributed by atoms with E-state index >= 15 is 0 Å². The second-order valence-corrected chi connectivity index (χ2v) is 6.42. The third-order valence-electron chi connectivity index (χ3n) is 3.26. The molecule has 1 aromatic heterocycles. The summed E-state index contributed by atoms with van der Waals surface area (Å²) in [6.07, 6.45) is 2.61. The van der Waals surface area contributed by atoms with Crippen LogP contribution < -0.4 is 5.32 Å². The van der Waals surface area contributed by atoms with Gasteiger partial charge in [-0.1, -0.05) is 46.6 Å². The Morgan fingerprint density at radius 1 is 1.24 bits per heavy atom. The molecule has 2 heteroatoms. The van der Waals surface area contributed by atoms with Crippen molar-refractivity contribution in [1.29, 1.82) is 0 Å². The molecular weight excluding hydrogens is 226 g/mol. The van der Waals surface area contributed by atoms with Crippen LogP contribution in [-0.4, -0.2) is 13.1 Å². The summed E-state index contributed by atoms with van der Waals surface area (Å²) in [5.74, 6) is 2.20. The van der Waals surface area contributed by atoms with E-state index in [-0.39, 0.29) is 0 Å². The van der Waals surface area contributed by atoms with Crippen molar-refractivity contribution in [3.63, 3.8) is 0 Å². The molecular formula is C15H27NS. The van der Waals surface area contributed by atoms with E-state index in [4.69, 9.17) is 0 Å².